The molecule has 2 heterocycles. The molecule has 1 atom stereocenters. The summed E-state index contributed by atoms with van der Waals surface area (Å²) in [5.41, 5.74) is 6.43. The predicted octanol–water partition coefficient (Wildman–Crippen LogP) is 7.68. The molecule has 0 aliphatic carbocycles. The number of nitrogens with one attached hydrogen (secondary N) is 2. The molecule has 0 amide bonds. The standard InChI is InChI=1S/C32H40N6OSi/c1-8-9-10-23-12-11-22(18-33)15-28(23)38-30-35-14-13-27(37-30)24-16-25(19-34)29-26(17-24)32(5,20-36-29)21-39-40(6,7)31(2,3)4/h11-17,36H,8-10,20-21H2,1-7H3,(H,35,37,38)/t32-/m1/s1. The Morgan fingerprint density at radius 3 is 2.58 bits per heavy atom. The van der Waals surface area contributed by atoms with E-state index in [-0.39, 0.29) is 10.5 Å². The van der Waals surface area contributed by atoms with Crippen molar-refractivity contribution in [3.63, 3.8) is 0 Å². The van der Waals surface area contributed by atoms with Crippen LogP contribution in [0.1, 0.15) is 69.7 Å². The molecule has 8 heteroatoms. The van der Waals surface area contributed by atoms with Gasteiger partial charge in [0.05, 0.1) is 28.6 Å². The maximum absolute atomic E-state index is 10.0. The molecule has 3 aromatic rings. The number of aryl methyl sites for hydroxylation is 1. The molecule has 0 saturated heterocycles. The van der Waals surface area contributed by atoms with E-state index in [0.717, 1.165) is 53.0 Å². The van der Waals surface area contributed by atoms with Crippen LogP contribution in [0.2, 0.25) is 18.1 Å². The average molecular weight is 553 g/mol. The zero-order valence-electron chi connectivity index (χ0n) is 24.8. The van der Waals surface area contributed by atoms with Gasteiger partial charge >= 0.3 is 0 Å². The SMILES string of the molecule is CCCCc1ccc(C#N)cc1Nc1nccc(-c2cc(C#N)c3c(c2)[C@@](C)(CO[Si](C)(C)C(C)(C)C)CN3)n1. The third kappa shape index (κ3) is 6.04. The average Bonchev–Trinajstić information content (AvgIpc) is 3.27. The molecule has 0 fully saturated rings. The highest BCUT2D eigenvalue weighted by Gasteiger charge is 2.42. The van der Waals surface area contributed by atoms with Gasteiger partial charge in [-0.05, 0) is 72.4 Å². The van der Waals surface area contributed by atoms with Crippen LogP contribution in [0.5, 0.6) is 0 Å². The van der Waals surface area contributed by atoms with Crippen LogP contribution >= 0.6 is 0 Å². The molecule has 2 aromatic carbocycles. The highest BCUT2D eigenvalue weighted by atomic mass is 28.4. The molecular weight excluding hydrogens is 512 g/mol. The highest BCUT2D eigenvalue weighted by Crippen LogP contribution is 2.44. The predicted molar refractivity (Wildman–Crippen MR) is 164 cm³/mol. The van der Waals surface area contributed by atoms with Crippen molar-refractivity contribution in [3.05, 3.63) is 64.8 Å². The smallest absolute Gasteiger partial charge is 0.227 e. The van der Waals surface area contributed by atoms with Crippen molar-refractivity contribution in [3.8, 4) is 23.4 Å². The van der Waals surface area contributed by atoms with Gasteiger partial charge < -0.3 is 15.1 Å². The summed E-state index contributed by atoms with van der Waals surface area (Å²) in [4.78, 5) is 9.28. The van der Waals surface area contributed by atoms with Crippen LogP contribution in [-0.2, 0) is 16.3 Å². The van der Waals surface area contributed by atoms with E-state index in [0.29, 0.717) is 30.2 Å². The van der Waals surface area contributed by atoms with Crippen LogP contribution in [0, 0.1) is 22.7 Å². The van der Waals surface area contributed by atoms with Crippen molar-refractivity contribution < 1.29 is 4.43 Å². The number of fused-ring (bicyclic) bond motifs is 1. The second-order valence-corrected chi connectivity index (χ2v) is 17.3. The first kappa shape index (κ1) is 29.3. The fourth-order valence-corrected chi connectivity index (χ4v) is 5.77. The largest absolute Gasteiger partial charge is 0.416 e. The van der Waals surface area contributed by atoms with E-state index < -0.39 is 8.32 Å². The molecule has 208 valence electrons. The topological polar surface area (TPSA) is 107 Å². The lowest BCUT2D eigenvalue weighted by Gasteiger charge is -2.39. The quantitative estimate of drug-likeness (QED) is 0.262. The van der Waals surface area contributed by atoms with Crippen LogP contribution in [0.25, 0.3) is 11.3 Å². The summed E-state index contributed by atoms with van der Waals surface area (Å²) in [6.45, 7) is 16.9. The molecule has 1 aliphatic rings. The second-order valence-electron chi connectivity index (χ2n) is 12.5. The zero-order valence-corrected chi connectivity index (χ0v) is 25.8. The third-order valence-corrected chi connectivity index (χ3v) is 12.8. The summed E-state index contributed by atoms with van der Waals surface area (Å²) in [6, 6.07) is 16.2. The molecule has 0 bridgehead atoms. The van der Waals surface area contributed by atoms with Gasteiger partial charge in [0.2, 0.25) is 5.95 Å². The Labute approximate surface area is 239 Å². The van der Waals surface area contributed by atoms with Gasteiger partial charge in [0.15, 0.2) is 8.32 Å². The van der Waals surface area contributed by atoms with Crippen LogP contribution in [-0.4, -0.2) is 31.4 Å². The van der Waals surface area contributed by atoms with Crippen LogP contribution in [0.4, 0.5) is 17.3 Å². The second kappa shape index (κ2) is 11.4. The van der Waals surface area contributed by atoms with E-state index in [1.165, 1.54) is 0 Å². The Hall–Kier alpha value is -3.72. The molecule has 1 aliphatic heterocycles. The summed E-state index contributed by atoms with van der Waals surface area (Å²) in [7, 11) is -1.95. The molecular formula is C32H40N6OSi. The minimum atomic E-state index is -1.95. The molecule has 2 N–H and O–H groups in total. The lowest BCUT2D eigenvalue weighted by atomic mass is 9.83. The van der Waals surface area contributed by atoms with Crippen LogP contribution in [0.3, 0.4) is 0 Å². The molecule has 0 saturated carbocycles. The third-order valence-electron chi connectivity index (χ3n) is 8.36. The number of rotatable bonds is 9. The van der Waals surface area contributed by atoms with Crippen molar-refractivity contribution in [2.75, 3.05) is 23.8 Å². The van der Waals surface area contributed by atoms with Gasteiger partial charge in [-0.2, -0.15) is 10.5 Å². The van der Waals surface area contributed by atoms with Crippen molar-refractivity contribution in [1.29, 1.82) is 10.5 Å². The van der Waals surface area contributed by atoms with E-state index in [1.54, 1.807) is 6.20 Å². The molecule has 0 unspecified atom stereocenters. The van der Waals surface area contributed by atoms with E-state index in [2.05, 4.69) is 81.5 Å². The Bertz CT molecular complexity index is 1480. The van der Waals surface area contributed by atoms with Crippen LogP contribution < -0.4 is 10.6 Å². The van der Waals surface area contributed by atoms with Crippen molar-refractivity contribution in [2.45, 2.75) is 77.4 Å². The van der Waals surface area contributed by atoms with Gasteiger partial charge in [0.1, 0.15) is 6.07 Å². The zero-order chi connectivity index (χ0) is 29.1. The molecule has 4 rings (SSSR count). The minimum Gasteiger partial charge on any atom is -0.416 e. The van der Waals surface area contributed by atoms with Gasteiger partial charge in [-0.3, -0.25) is 0 Å². The fraction of sp³-hybridized carbons (Fsp3) is 0.438. The van der Waals surface area contributed by atoms with Gasteiger partial charge in [-0.15, -0.1) is 0 Å². The molecule has 40 heavy (non-hydrogen) atoms. The lowest BCUT2D eigenvalue weighted by molar-refractivity contribution is 0.220. The van der Waals surface area contributed by atoms with Crippen molar-refractivity contribution >= 4 is 25.6 Å². The van der Waals surface area contributed by atoms with Gasteiger partial charge in [0.25, 0.3) is 0 Å². The van der Waals surface area contributed by atoms with Crippen LogP contribution in [0.15, 0.2) is 42.6 Å². The molecule has 0 radical (unpaired) electrons. The number of nitrogens with zero attached hydrogens (tertiary/aromatic N) is 4. The number of hydrogen-bond acceptors (Lipinski definition) is 7. The van der Waals surface area contributed by atoms with E-state index in [4.69, 9.17) is 9.41 Å². The minimum absolute atomic E-state index is 0.116. The summed E-state index contributed by atoms with van der Waals surface area (Å²) in [5, 5.41) is 26.4. The molecule has 0 spiro atoms. The number of nitriles is 2. The Morgan fingerprint density at radius 2 is 1.90 bits per heavy atom. The van der Waals surface area contributed by atoms with E-state index >= 15 is 0 Å². The van der Waals surface area contributed by atoms with Crippen molar-refractivity contribution in [1.82, 2.24) is 9.97 Å². The first-order chi connectivity index (χ1) is 18.9. The number of hydrogen-bond donors (Lipinski definition) is 2. The monoisotopic (exact) mass is 552 g/mol. The summed E-state index contributed by atoms with van der Waals surface area (Å²) in [5.74, 6) is 0.450. The number of anilines is 3. The highest BCUT2D eigenvalue weighted by molar-refractivity contribution is 6.74. The fourth-order valence-electron chi connectivity index (χ4n) is 4.66. The van der Waals surface area contributed by atoms with Gasteiger partial charge in [-0.25, -0.2) is 9.97 Å². The number of aromatic nitrogens is 2. The summed E-state index contributed by atoms with van der Waals surface area (Å²) in [6.07, 6.45) is 4.77. The number of unbranched alkanes of at least 4 members (excludes halogenated alkanes) is 1. The van der Waals surface area contributed by atoms with Crippen molar-refractivity contribution in [2.24, 2.45) is 0 Å². The van der Waals surface area contributed by atoms with Gasteiger partial charge in [-0.1, -0.05) is 47.1 Å². The number of benzene rings is 2. The first-order valence-corrected chi connectivity index (χ1v) is 16.9. The Morgan fingerprint density at radius 1 is 1.12 bits per heavy atom. The van der Waals surface area contributed by atoms with Gasteiger partial charge in [0, 0.05) is 36.0 Å². The maximum Gasteiger partial charge on any atom is 0.227 e. The first-order valence-electron chi connectivity index (χ1n) is 14.0. The molecule has 7 nitrogen and oxygen atoms in total. The van der Waals surface area contributed by atoms with E-state index in [9.17, 15) is 10.5 Å². The molecule has 1 aromatic heterocycles. The Kier molecular flexibility index (Phi) is 8.35. The lowest BCUT2D eigenvalue weighted by Crippen LogP contribution is -2.45. The normalized spacial score (nSPS) is 16.5. The van der Waals surface area contributed by atoms with E-state index in [1.807, 2.05) is 30.3 Å². The summed E-state index contributed by atoms with van der Waals surface area (Å²) < 4.78 is 6.66. The summed E-state index contributed by atoms with van der Waals surface area (Å²) >= 11 is 0. The maximum atomic E-state index is 10.0. The Balaban J connectivity index is 1.68.